The van der Waals surface area contributed by atoms with E-state index in [9.17, 15) is 4.39 Å². The van der Waals surface area contributed by atoms with Gasteiger partial charge in [-0.3, -0.25) is 0 Å². The Morgan fingerprint density at radius 2 is 2.26 bits per heavy atom. The van der Waals surface area contributed by atoms with Gasteiger partial charge in [-0.1, -0.05) is 0 Å². The number of halogens is 1. The summed E-state index contributed by atoms with van der Waals surface area (Å²) in [6.45, 7) is 4.39. The van der Waals surface area contributed by atoms with Crippen LogP contribution in [0.3, 0.4) is 0 Å². The van der Waals surface area contributed by atoms with Gasteiger partial charge in [0.1, 0.15) is 0 Å². The van der Waals surface area contributed by atoms with Gasteiger partial charge in [0.2, 0.25) is 0 Å². The Hall–Kier alpha value is -1.49. The van der Waals surface area contributed by atoms with Crippen LogP contribution in [0.4, 0.5) is 15.8 Å². The molecule has 0 spiro atoms. The number of rotatable bonds is 4. The monoisotopic (exact) mass is 268 g/mol. The zero-order valence-corrected chi connectivity index (χ0v) is 11.5. The number of anilines is 2. The molecule has 0 saturated carbocycles. The highest BCUT2D eigenvalue weighted by molar-refractivity contribution is 5.70. The van der Waals surface area contributed by atoms with Gasteiger partial charge in [-0.25, -0.2) is 4.39 Å². The van der Waals surface area contributed by atoms with E-state index in [0.717, 1.165) is 31.6 Å². The highest BCUT2D eigenvalue weighted by atomic mass is 19.1. The summed E-state index contributed by atoms with van der Waals surface area (Å²) in [5, 5.41) is 0. The fraction of sp³-hybridized carbons (Fsp3) is 0.571. The maximum Gasteiger partial charge on any atom is 0.167 e. The quantitative estimate of drug-likeness (QED) is 0.852. The lowest BCUT2D eigenvalue weighted by molar-refractivity contribution is 0.0527. The third-order valence-corrected chi connectivity index (χ3v) is 3.42. The average molecular weight is 268 g/mol. The van der Waals surface area contributed by atoms with Crippen molar-refractivity contribution in [2.45, 2.75) is 25.9 Å². The van der Waals surface area contributed by atoms with Crippen molar-refractivity contribution in [3.05, 3.63) is 17.9 Å². The second kappa shape index (κ2) is 6.10. The minimum Gasteiger partial charge on any atom is -0.494 e. The third kappa shape index (κ3) is 3.10. The predicted octanol–water partition coefficient (Wildman–Crippen LogP) is 2.42. The molecule has 1 fully saturated rings. The van der Waals surface area contributed by atoms with Gasteiger partial charge in [0.05, 0.1) is 24.6 Å². The second-order valence-electron chi connectivity index (χ2n) is 4.71. The normalized spacial score (nSPS) is 19.5. The standard InChI is InChI=1S/C14H21FN2O2/c1-3-19-10-5-4-6-17(9-10)13-8-14(18-2)11(15)7-12(13)16/h7-8,10H,3-6,9,16H2,1-2H3. The molecule has 1 atom stereocenters. The van der Waals surface area contributed by atoms with E-state index in [-0.39, 0.29) is 11.9 Å². The fourth-order valence-corrected chi connectivity index (χ4v) is 2.52. The first-order valence-corrected chi connectivity index (χ1v) is 6.65. The Kier molecular flexibility index (Phi) is 4.47. The first-order valence-electron chi connectivity index (χ1n) is 6.65. The zero-order valence-electron chi connectivity index (χ0n) is 11.5. The van der Waals surface area contributed by atoms with Gasteiger partial charge >= 0.3 is 0 Å². The van der Waals surface area contributed by atoms with Crippen LogP contribution in [-0.4, -0.2) is 32.9 Å². The van der Waals surface area contributed by atoms with E-state index in [4.69, 9.17) is 15.2 Å². The Bertz CT molecular complexity index is 438. The van der Waals surface area contributed by atoms with Crippen molar-refractivity contribution < 1.29 is 13.9 Å². The Balaban J connectivity index is 2.20. The number of hydrogen-bond acceptors (Lipinski definition) is 4. The predicted molar refractivity (Wildman–Crippen MR) is 74.2 cm³/mol. The summed E-state index contributed by atoms with van der Waals surface area (Å²) in [5.74, 6) is -0.204. The number of nitrogens with zero attached hydrogens (tertiary/aromatic N) is 1. The topological polar surface area (TPSA) is 47.7 Å². The molecule has 106 valence electrons. The Labute approximate surface area is 113 Å². The number of ether oxygens (including phenoxy) is 2. The van der Waals surface area contributed by atoms with Crippen LogP contribution in [0.15, 0.2) is 12.1 Å². The van der Waals surface area contributed by atoms with Crippen molar-refractivity contribution in [1.82, 2.24) is 0 Å². The average Bonchev–Trinajstić information content (AvgIpc) is 2.39. The molecule has 1 heterocycles. The second-order valence-corrected chi connectivity index (χ2v) is 4.71. The summed E-state index contributed by atoms with van der Waals surface area (Å²) in [4.78, 5) is 2.14. The van der Waals surface area contributed by atoms with Crippen LogP contribution in [0.5, 0.6) is 5.75 Å². The molecule has 0 radical (unpaired) electrons. The lowest BCUT2D eigenvalue weighted by Crippen LogP contribution is -2.40. The van der Waals surface area contributed by atoms with Gasteiger partial charge in [-0.2, -0.15) is 0 Å². The summed E-state index contributed by atoms with van der Waals surface area (Å²) in [7, 11) is 1.46. The minimum atomic E-state index is -0.429. The molecule has 1 saturated heterocycles. The SMILES string of the molecule is CCOC1CCCN(c2cc(OC)c(F)cc2N)C1. The maximum absolute atomic E-state index is 13.5. The van der Waals surface area contributed by atoms with Crippen molar-refractivity contribution in [3.8, 4) is 5.75 Å². The van der Waals surface area contributed by atoms with Crippen molar-refractivity contribution in [3.63, 3.8) is 0 Å². The first-order chi connectivity index (χ1) is 9.15. The number of methoxy groups -OCH3 is 1. The molecule has 0 bridgehead atoms. The number of benzene rings is 1. The van der Waals surface area contributed by atoms with Crippen LogP contribution < -0.4 is 15.4 Å². The molecule has 4 nitrogen and oxygen atoms in total. The smallest absolute Gasteiger partial charge is 0.167 e. The first kappa shape index (κ1) is 13.9. The summed E-state index contributed by atoms with van der Waals surface area (Å²) in [6.07, 6.45) is 2.32. The van der Waals surface area contributed by atoms with Crippen LogP contribution in [-0.2, 0) is 4.74 Å². The van der Waals surface area contributed by atoms with E-state index in [2.05, 4.69) is 4.90 Å². The third-order valence-electron chi connectivity index (χ3n) is 3.42. The van der Waals surface area contributed by atoms with Crippen LogP contribution in [0.1, 0.15) is 19.8 Å². The van der Waals surface area contributed by atoms with Crippen molar-refractivity contribution >= 4 is 11.4 Å². The molecular formula is C14H21FN2O2. The maximum atomic E-state index is 13.5. The van der Waals surface area contributed by atoms with Crippen LogP contribution >= 0.6 is 0 Å². The van der Waals surface area contributed by atoms with Crippen molar-refractivity contribution in [1.29, 1.82) is 0 Å². The van der Waals surface area contributed by atoms with E-state index in [1.165, 1.54) is 13.2 Å². The summed E-state index contributed by atoms with van der Waals surface area (Å²) in [5.41, 5.74) is 7.18. The Morgan fingerprint density at radius 1 is 1.47 bits per heavy atom. The molecule has 1 aliphatic rings. The molecule has 1 aromatic carbocycles. The molecule has 2 rings (SSSR count). The van der Waals surface area contributed by atoms with E-state index in [1.54, 1.807) is 6.07 Å². The van der Waals surface area contributed by atoms with Crippen molar-refractivity contribution in [2.75, 3.05) is 37.4 Å². The van der Waals surface area contributed by atoms with Gasteiger partial charge < -0.3 is 20.1 Å². The highest BCUT2D eigenvalue weighted by Gasteiger charge is 2.22. The van der Waals surface area contributed by atoms with Crippen LogP contribution in [0.2, 0.25) is 0 Å². The van der Waals surface area contributed by atoms with Gasteiger partial charge in [-0.05, 0) is 19.8 Å². The Morgan fingerprint density at radius 3 is 2.95 bits per heavy atom. The van der Waals surface area contributed by atoms with Crippen LogP contribution in [0, 0.1) is 5.82 Å². The fourth-order valence-electron chi connectivity index (χ4n) is 2.52. The molecule has 19 heavy (non-hydrogen) atoms. The molecular weight excluding hydrogens is 247 g/mol. The zero-order chi connectivity index (χ0) is 13.8. The molecule has 0 amide bonds. The minimum absolute atomic E-state index is 0.217. The van der Waals surface area contributed by atoms with Crippen molar-refractivity contribution in [2.24, 2.45) is 0 Å². The number of nitrogen functional groups attached to an aromatic ring is 1. The lowest BCUT2D eigenvalue weighted by Gasteiger charge is -2.35. The molecule has 1 aliphatic heterocycles. The largest absolute Gasteiger partial charge is 0.494 e. The number of piperidine rings is 1. The van der Waals surface area contributed by atoms with E-state index < -0.39 is 5.82 Å². The number of hydrogen-bond donors (Lipinski definition) is 1. The van der Waals surface area contributed by atoms with E-state index in [1.807, 2.05) is 6.92 Å². The van der Waals surface area contributed by atoms with Crippen LogP contribution in [0.25, 0.3) is 0 Å². The molecule has 5 heteroatoms. The van der Waals surface area contributed by atoms with E-state index in [0.29, 0.717) is 12.3 Å². The number of nitrogens with two attached hydrogens (primary N) is 1. The molecule has 1 aromatic rings. The molecule has 0 aromatic heterocycles. The van der Waals surface area contributed by atoms with Gasteiger partial charge in [0.25, 0.3) is 0 Å². The van der Waals surface area contributed by atoms with Gasteiger partial charge in [0, 0.05) is 31.8 Å². The van der Waals surface area contributed by atoms with E-state index >= 15 is 0 Å². The van der Waals surface area contributed by atoms with Gasteiger partial charge in [-0.15, -0.1) is 0 Å². The lowest BCUT2D eigenvalue weighted by atomic mass is 10.1. The van der Waals surface area contributed by atoms with Gasteiger partial charge in [0.15, 0.2) is 11.6 Å². The summed E-state index contributed by atoms with van der Waals surface area (Å²) in [6, 6.07) is 2.98. The highest BCUT2D eigenvalue weighted by Crippen LogP contribution is 2.32. The summed E-state index contributed by atoms with van der Waals surface area (Å²) >= 11 is 0. The summed E-state index contributed by atoms with van der Waals surface area (Å²) < 4.78 is 24.2. The molecule has 0 aliphatic carbocycles. The molecule has 1 unspecified atom stereocenters. The molecule has 2 N–H and O–H groups in total.